The predicted octanol–water partition coefficient (Wildman–Crippen LogP) is 2.27. The van der Waals surface area contributed by atoms with E-state index >= 15 is 0 Å². The van der Waals surface area contributed by atoms with Crippen LogP contribution in [0.3, 0.4) is 0 Å². The van der Waals surface area contributed by atoms with Gasteiger partial charge in [-0.3, -0.25) is 4.79 Å². The molecule has 4 heteroatoms. The minimum atomic E-state index is 0.0511. The van der Waals surface area contributed by atoms with Gasteiger partial charge in [-0.25, -0.2) is 0 Å². The second-order valence-corrected chi connectivity index (χ2v) is 2.82. The summed E-state index contributed by atoms with van der Waals surface area (Å²) in [5.41, 5.74) is 0. The van der Waals surface area contributed by atoms with Crippen LogP contribution >= 0.6 is 0 Å². The van der Waals surface area contributed by atoms with Crippen molar-refractivity contribution < 1.29 is 14.3 Å². The smallest absolute Gasteiger partial charge is 0.155 e. The highest BCUT2D eigenvalue weighted by Gasteiger charge is 1.92. The summed E-state index contributed by atoms with van der Waals surface area (Å²) in [7, 11) is 1.91. The number of carbonyl (C=O) groups excluding carboxylic acids is 1. The molecule has 106 valence electrons. The number of nitrogens with one attached hydrogen (secondary N) is 1. The third-order valence-corrected chi connectivity index (χ3v) is 1.39. The van der Waals surface area contributed by atoms with Crippen molar-refractivity contribution in [1.82, 2.24) is 5.32 Å². The number of ether oxygens (including phenoxy) is 2. The van der Waals surface area contributed by atoms with E-state index in [1.165, 1.54) is 6.92 Å². The first-order chi connectivity index (χ1) is 8.27. The molecular formula is C13H31NO3. The molecule has 0 aliphatic carbocycles. The molecule has 4 nitrogen and oxygen atoms in total. The Labute approximate surface area is 107 Å². The summed E-state index contributed by atoms with van der Waals surface area (Å²) in [6, 6.07) is 0. The first kappa shape index (κ1) is 21.8. The van der Waals surface area contributed by atoms with E-state index in [4.69, 9.17) is 9.47 Å². The number of ketones is 1. The molecule has 0 aliphatic rings. The number of carbonyl (C=O) groups is 1. The highest BCUT2D eigenvalue weighted by Crippen LogP contribution is 1.82. The summed E-state index contributed by atoms with van der Waals surface area (Å²) in [6.07, 6.45) is 1.00. The van der Waals surface area contributed by atoms with Crippen LogP contribution in [-0.4, -0.2) is 45.8 Å². The third kappa shape index (κ3) is 31.3. The van der Waals surface area contributed by atoms with Crippen LogP contribution in [0.1, 0.15) is 41.0 Å². The summed E-state index contributed by atoms with van der Waals surface area (Å²) < 4.78 is 10.3. The molecule has 0 atom stereocenters. The molecule has 0 bridgehead atoms. The average Bonchev–Trinajstić information content (AvgIpc) is 2.37. The summed E-state index contributed by atoms with van der Waals surface area (Å²) in [4.78, 5) is 10.4. The van der Waals surface area contributed by atoms with E-state index in [1.807, 2.05) is 34.7 Å². The Morgan fingerprint density at radius 2 is 1.53 bits per heavy atom. The Morgan fingerprint density at radius 1 is 1.00 bits per heavy atom. The average molecular weight is 249 g/mol. The Hall–Kier alpha value is -0.450. The minimum Gasteiger partial charge on any atom is -0.379 e. The van der Waals surface area contributed by atoms with E-state index in [-0.39, 0.29) is 12.4 Å². The molecule has 0 aliphatic heterocycles. The van der Waals surface area contributed by atoms with E-state index < -0.39 is 0 Å². The standard InChI is InChI=1S/C9H19NO3.2C2H6/c1-9(11)8-13-7-6-12-5-3-4-10-2;2*1-2/h10H,3-8H2,1-2H3;2*1-2H3. The molecule has 1 N–H and O–H groups in total. The third-order valence-electron chi connectivity index (χ3n) is 1.39. The van der Waals surface area contributed by atoms with Gasteiger partial charge in [-0.2, -0.15) is 0 Å². The predicted molar refractivity (Wildman–Crippen MR) is 73.6 cm³/mol. The van der Waals surface area contributed by atoms with Crippen LogP contribution in [0, 0.1) is 0 Å². The van der Waals surface area contributed by atoms with Gasteiger partial charge in [-0.1, -0.05) is 27.7 Å². The molecule has 0 fully saturated rings. The van der Waals surface area contributed by atoms with Gasteiger partial charge in [0.2, 0.25) is 0 Å². The zero-order valence-corrected chi connectivity index (χ0v) is 12.5. The monoisotopic (exact) mass is 249 g/mol. The molecule has 0 rings (SSSR count). The van der Waals surface area contributed by atoms with Crippen molar-refractivity contribution in [3.63, 3.8) is 0 Å². The second-order valence-electron chi connectivity index (χ2n) is 2.82. The first-order valence-corrected chi connectivity index (χ1v) is 6.57. The number of hydrogen-bond acceptors (Lipinski definition) is 4. The number of rotatable bonds is 9. The van der Waals surface area contributed by atoms with Crippen molar-refractivity contribution in [1.29, 1.82) is 0 Å². The van der Waals surface area contributed by atoms with Crippen LogP contribution in [-0.2, 0) is 14.3 Å². The number of hydrogen-bond donors (Lipinski definition) is 1. The largest absolute Gasteiger partial charge is 0.379 e. The van der Waals surface area contributed by atoms with Gasteiger partial charge >= 0.3 is 0 Å². The van der Waals surface area contributed by atoms with E-state index in [0.717, 1.165) is 19.6 Å². The van der Waals surface area contributed by atoms with Crippen molar-refractivity contribution in [3.05, 3.63) is 0 Å². The first-order valence-electron chi connectivity index (χ1n) is 6.57. The molecule has 0 radical (unpaired) electrons. The highest BCUT2D eigenvalue weighted by molar-refractivity contribution is 5.76. The Balaban J connectivity index is -0.000000439. The summed E-state index contributed by atoms with van der Waals surface area (Å²) >= 11 is 0. The molecule has 0 amide bonds. The molecule has 0 saturated heterocycles. The fourth-order valence-electron chi connectivity index (χ4n) is 0.787. The Morgan fingerprint density at radius 3 is 2.00 bits per heavy atom. The van der Waals surface area contributed by atoms with Crippen molar-refractivity contribution in [2.75, 3.05) is 40.0 Å². The molecule has 0 saturated carbocycles. The van der Waals surface area contributed by atoms with Gasteiger partial charge in [0.25, 0.3) is 0 Å². The van der Waals surface area contributed by atoms with Crippen molar-refractivity contribution >= 4 is 5.78 Å². The Bertz CT molecular complexity index is 130. The molecular weight excluding hydrogens is 218 g/mol. The maximum absolute atomic E-state index is 10.4. The maximum atomic E-state index is 10.4. The topological polar surface area (TPSA) is 47.6 Å². The van der Waals surface area contributed by atoms with Gasteiger partial charge < -0.3 is 14.8 Å². The zero-order chi connectivity index (χ0) is 13.9. The summed E-state index contributed by atoms with van der Waals surface area (Å²) in [5, 5.41) is 3.03. The number of Topliss-reactive ketones (excluding diaryl/α,β-unsaturated/α-hetero) is 1. The molecule has 0 heterocycles. The lowest BCUT2D eigenvalue weighted by molar-refractivity contribution is -0.121. The maximum Gasteiger partial charge on any atom is 0.155 e. The molecule has 0 aromatic heterocycles. The van der Waals surface area contributed by atoms with E-state index in [0.29, 0.717) is 13.2 Å². The summed E-state index contributed by atoms with van der Waals surface area (Å²) in [6.45, 7) is 12.5. The molecule has 0 unspecified atom stereocenters. The summed E-state index contributed by atoms with van der Waals surface area (Å²) in [5.74, 6) is 0.0511. The normalized spacial score (nSPS) is 8.59. The van der Waals surface area contributed by atoms with Crippen molar-refractivity contribution in [2.24, 2.45) is 0 Å². The molecule has 0 spiro atoms. The molecule has 17 heavy (non-hydrogen) atoms. The quantitative estimate of drug-likeness (QED) is 0.637. The fourth-order valence-corrected chi connectivity index (χ4v) is 0.787. The zero-order valence-electron chi connectivity index (χ0n) is 12.5. The van der Waals surface area contributed by atoms with Gasteiger partial charge in [0.15, 0.2) is 5.78 Å². The van der Waals surface area contributed by atoms with Gasteiger partial charge in [0, 0.05) is 6.61 Å². The fraction of sp³-hybridized carbons (Fsp3) is 0.923. The van der Waals surface area contributed by atoms with Gasteiger partial charge in [0.05, 0.1) is 13.2 Å². The van der Waals surface area contributed by atoms with Gasteiger partial charge in [0.1, 0.15) is 6.61 Å². The SMILES string of the molecule is CC.CC.CNCCCOCCOCC(C)=O. The van der Waals surface area contributed by atoms with Crippen LogP contribution in [0.5, 0.6) is 0 Å². The van der Waals surface area contributed by atoms with E-state index in [9.17, 15) is 4.79 Å². The van der Waals surface area contributed by atoms with Crippen LogP contribution in [0.4, 0.5) is 0 Å². The van der Waals surface area contributed by atoms with E-state index in [2.05, 4.69) is 5.32 Å². The minimum absolute atomic E-state index is 0.0511. The molecule has 0 aromatic carbocycles. The lowest BCUT2D eigenvalue weighted by Gasteiger charge is -2.03. The van der Waals surface area contributed by atoms with Crippen LogP contribution in [0.2, 0.25) is 0 Å². The molecule has 0 aromatic rings. The van der Waals surface area contributed by atoms with Gasteiger partial charge in [-0.15, -0.1) is 0 Å². The lowest BCUT2D eigenvalue weighted by atomic mass is 10.4. The Kier molecular flexibility index (Phi) is 31.6. The van der Waals surface area contributed by atoms with Crippen LogP contribution < -0.4 is 5.32 Å². The highest BCUT2D eigenvalue weighted by atomic mass is 16.5. The van der Waals surface area contributed by atoms with Gasteiger partial charge in [-0.05, 0) is 26.9 Å². The van der Waals surface area contributed by atoms with Crippen molar-refractivity contribution in [2.45, 2.75) is 41.0 Å². The van der Waals surface area contributed by atoms with E-state index in [1.54, 1.807) is 0 Å². The van der Waals surface area contributed by atoms with Crippen LogP contribution in [0.25, 0.3) is 0 Å². The van der Waals surface area contributed by atoms with Crippen molar-refractivity contribution in [3.8, 4) is 0 Å². The lowest BCUT2D eigenvalue weighted by Crippen LogP contribution is -2.13. The van der Waals surface area contributed by atoms with Crippen LogP contribution in [0.15, 0.2) is 0 Å². The second kappa shape index (κ2) is 24.7.